The van der Waals surface area contributed by atoms with Gasteiger partial charge in [-0.15, -0.1) is 0 Å². The summed E-state index contributed by atoms with van der Waals surface area (Å²) in [6, 6.07) is -0.290. The van der Waals surface area contributed by atoms with Crippen LogP contribution in [-0.2, 0) is 9.47 Å². The first-order chi connectivity index (χ1) is 5.15. The molecule has 11 heavy (non-hydrogen) atoms. The van der Waals surface area contributed by atoms with Crippen molar-refractivity contribution in [2.24, 2.45) is 5.73 Å². The molecule has 0 aromatic rings. The molecule has 1 fully saturated rings. The molecule has 0 aromatic heterocycles. The van der Waals surface area contributed by atoms with Gasteiger partial charge in [-0.25, -0.2) is 0 Å². The summed E-state index contributed by atoms with van der Waals surface area (Å²) in [5.41, 5.74) is 5.61. The Morgan fingerprint density at radius 3 is 2.73 bits per heavy atom. The molecular weight excluding hydrogens is 146 g/mol. The van der Waals surface area contributed by atoms with Crippen LogP contribution < -0.4 is 5.73 Å². The third kappa shape index (κ3) is 1.90. The lowest BCUT2D eigenvalue weighted by molar-refractivity contribution is -0.205. The molecule has 1 aliphatic heterocycles. The van der Waals surface area contributed by atoms with Crippen molar-refractivity contribution in [3.05, 3.63) is 0 Å². The van der Waals surface area contributed by atoms with E-state index in [4.69, 9.17) is 15.2 Å². The minimum Gasteiger partial charge on any atom is -0.391 e. The highest BCUT2D eigenvalue weighted by Gasteiger charge is 2.32. The van der Waals surface area contributed by atoms with Gasteiger partial charge in [0.2, 0.25) is 0 Å². The number of rotatable bonds is 1. The van der Waals surface area contributed by atoms with Gasteiger partial charge in [-0.1, -0.05) is 0 Å². The second-order valence-electron chi connectivity index (χ2n) is 2.89. The number of hydrogen-bond donors (Lipinski definition) is 2. The Morgan fingerprint density at radius 1 is 1.64 bits per heavy atom. The Balaban J connectivity index is 2.47. The largest absolute Gasteiger partial charge is 0.391 e. The molecule has 0 aliphatic carbocycles. The molecule has 4 atom stereocenters. The molecule has 1 heterocycles. The van der Waals surface area contributed by atoms with Crippen molar-refractivity contribution in [1.82, 2.24) is 0 Å². The molecule has 3 N–H and O–H groups in total. The number of aliphatic hydroxyl groups is 1. The van der Waals surface area contributed by atoms with Crippen molar-refractivity contribution in [2.75, 3.05) is 7.11 Å². The predicted octanol–water partition coefficient (Wildman–Crippen LogP) is -0.544. The molecule has 0 bridgehead atoms. The summed E-state index contributed by atoms with van der Waals surface area (Å²) in [5, 5.41) is 9.36. The standard InChI is InChI=1S/C7H15NO3/c1-4-7(8)5(9)3-6(10-2)11-4/h4-7,9H,3,8H2,1-2H3/t4-,5-,6+,7+/m0/s1. The molecule has 0 radical (unpaired) electrons. The van der Waals surface area contributed by atoms with Crippen LogP contribution in [0.5, 0.6) is 0 Å². The second-order valence-corrected chi connectivity index (χ2v) is 2.89. The minimum absolute atomic E-state index is 0.135. The molecule has 0 aromatic carbocycles. The van der Waals surface area contributed by atoms with Gasteiger partial charge in [0.1, 0.15) is 0 Å². The van der Waals surface area contributed by atoms with E-state index in [0.717, 1.165) is 0 Å². The molecule has 1 aliphatic rings. The van der Waals surface area contributed by atoms with Gasteiger partial charge < -0.3 is 20.3 Å². The van der Waals surface area contributed by atoms with Crippen LogP contribution in [0.2, 0.25) is 0 Å². The summed E-state index contributed by atoms with van der Waals surface area (Å²) in [6.07, 6.45) is -0.491. The third-order valence-corrected chi connectivity index (χ3v) is 2.05. The average Bonchev–Trinajstić information content (AvgIpc) is 1.99. The Morgan fingerprint density at radius 2 is 2.27 bits per heavy atom. The van der Waals surface area contributed by atoms with Crippen LogP contribution in [0.25, 0.3) is 0 Å². The van der Waals surface area contributed by atoms with Crippen LogP contribution in [0.15, 0.2) is 0 Å². The number of methoxy groups -OCH3 is 1. The molecule has 4 nitrogen and oxygen atoms in total. The maximum absolute atomic E-state index is 9.36. The van der Waals surface area contributed by atoms with Crippen LogP contribution in [0, 0.1) is 0 Å². The lowest BCUT2D eigenvalue weighted by Crippen LogP contribution is -2.52. The zero-order chi connectivity index (χ0) is 8.43. The van der Waals surface area contributed by atoms with Crippen molar-refractivity contribution in [3.63, 3.8) is 0 Å². The Bertz CT molecular complexity index is 119. The summed E-state index contributed by atoms with van der Waals surface area (Å²) >= 11 is 0. The number of nitrogens with two attached hydrogens (primary N) is 1. The topological polar surface area (TPSA) is 64.7 Å². The van der Waals surface area contributed by atoms with Gasteiger partial charge in [0, 0.05) is 13.5 Å². The summed E-state index contributed by atoms with van der Waals surface area (Å²) < 4.78 is 10.3. The van der Waals surface area contributed by atoms with Crippen LogP contribution in [-0.4, -0.2) is 36.8 Å². The lowest BCUT2D eigenvalue weighted by atomic mass is 10.0. The Kier molecular flexibility index (Phi) is 2.84. The van der Waals surface area contributed by atoms with Gasteiger partial charge in [0.25, 0.3) is 0 Å². The molecule has 0 unspecified atom stereocenters. The Hall–Kier alpha value is -0.160. The SMILES string of the molecule is CO[C@H]1C[C@H](O)[C@H](N)[C@H](C)O1. The molecule has 0 spiro atoms. The number of hydrogen-bond acceptors (Lipinski definition) is 4. The quantitative estimate of drug-likeness (QED) is 0.542. The molecule has 0 amide bonds. The summed E-state index contributed by atoms with van der Waals surface area (Å²) in [5.74, 6) is 0. The summed E-state index contributed by atoms with van der Waals surface area (Å²) in [6.45, 7) is 1.83. The van der Waals surface area contributed by atoms with Crippen LogP contribution >= 0.6 is 0 Å². The van der Waals surface area contributed by atoms with Crippen molar-refractivity contribution in [2.45, 2.75) is 37.9 Å². The summed E-state index contributed by atoms with van der Waals surface area (Å²) in [7, 11) is 1.56. The molecule has 0 saturated carbocycles. The monoisotopic (exact) mass is 161 g/mol. The van der Waals surface area contributed by atoms with Crippen molar-refractivity contribution in [3.8, 4) is 0 Å². The van der Waals surface area contributed by atoms with E-state index >= 15 is 0 Å². The highest BCUT2D eigenvalue weighted by atomic mass is 16.7. The van der Waals surface area contributed by atoms with Crippen LogP contribution in [0.1, 0.15) is 13.3 Å². The smallest absolute Gasteiger partial charge is 0.160 e. The van der Waals surface area contributed by atoms with Gasteiger partial charge in [0.15, 0.2) is 6.29 Å². The van der Waals surface area contributed by atoms with E-state index in [2.05, 4.69) is 0 Å². The maximum atomic E-state index is 9.36. The van der Waals surface area contributed by atoms with E-state index in [1.165, 1.54) is 0 Å². The molecule has 66 valence electrons. The van der Waals surface area contributed by atoms with Crippen molar-refractivity contribution < 1.29 is 14.6 Å². The van der Waals surface area contributed by atoms with E-state index in [-0.39, 0.29) is 18.4 Å². The molecular formula is C7H15NO3. The van der Waals surface area contributed by atoms with Gasteiger partial charge in [-0.05, 0) is 6.92 Å². The third-order valence-electron chi connectivity index (χ3n) is 2.05. The molecule has 4 heteroatoms. The zero-order valence-electron chi connectivity index (χ0n) is 6.86. The normalized spacial score (nSPS) is 45.8. The van der Waals surface area contributed by atoms with Gasteiger partial charge in [0.05, 0.1) is 18.2 Å². The Labute approximate surface area is 66.3 Å². The fourth-order valence-corrected chi connectivity index (χ4v) is 1.20. The van der Waals surface area contributed by atoms with E-state index in [0.29, 0.717) is 6.42 Å². The fourth-order valence-electron chi connectivity index (χ4n) is 1.20. The first-order valence-corrected chi connectivity index (χ1v) is 3.77. The van der Waals surface area contributed by atoms with E-state index in [1.807, 2.05) is 6.92 Å². The maximum Gasteiger partial charge on any atom is 0.160 e. The highest BCUT2D eigenvalue weighted by Crippen LogP contribution is 2.18. The summed E-state index contributed by atoms with van der Waals surface area (Å²) in [4.78, 5) is 0. The van der Waals surface area contributed by atoms with E-state index in [9.17, 15) is 5.11 Å². The van der Waals surface area contributed by atoms with Gasteiger partial charge >= 0.3 is 0 Å². The first kappa shape index (κ1) is 8.93. The lowest BCUT2D eigenvalue weighted by Gasteiger charge is -2.35. The zero-order valence-corrected chi connectivity index (χ0v) is 6.86. The van der Waals surface area contributed by atoms with Gasteiger partial charge in [-0.3, -0.25) is 0 Å². The van der Waals surface area contributed by atoms with Gasteiger partial charge in [-0.2, -0.15) is 0 Å². The number of aliphatic hydroxyl groups excluding tert-OH is 1. The predicted molar refractivity (Wildman–Crippen MR) is 39.9 cm³/mol. The van der Waals surface area contributed by atoms with Crippen LogP contribution in [0.3, 0.4) is 0 Å². The van der Waals surface area contributed by atoms with E-state index in [1.54, 1.807) is 7.11 Å². The number of ether oxygens (including phenoxy) is 2. The average molecular weight is 161 g/mol. The molecule has 1 rings (SSSR count). The van der Waals surface area contributed by atoms with E-state index < -0.39 is 6.10 Å². The van der Waals surface area contributed by atoms with Crippen molar-refractivity contribution in [1.29, 1.82) is 0 Å². The minimum atomic E-state index is -0.510. The fraction of sp³-hybridized carbons (Fsp3) is 1.00. The molecule has 1 saturated heterocycles. The highest BCUT2D eigenvalue weighted by molar-refractivity contribution is 4.83. The second kappa shape index (κ2) is 3.49. The van der Waals surface area contributed by atoms with Crippen molar-refractivity contribution >= 4 is 0 Å². The first-order valence-electron chi connectivity index (χ1n) is 3.77. The van der Waals surface area contributed by atoms with Crippen LogP contribution in [0.4, 0.5) is 0 Å².